The van der Waals surface area contributed by atoms with Gasteiger partial charge in [0.15, 0.2) is 0 Å². The fourth-order valence-electron chi connectivity index (χ4n) is 1.70. The van der Waals surface area contributed by atoms with Gasteiger partial charge in [0.05, 0.1) is 0 Å². The number of hydrogen-bond donors (Lipinski definition) is 1. The molecular weight excluding hydrogens is 214 g/mol. The lowest BCUT2D eigenvalue weighted by molar-refractivity contribution is 0.811. The summed E-state index contributed by atoms with van der Waals surface area (Å²) in [6, 6.07) is 6.48. The number of halogens is 1. The van der Waals surface area contributed by atoms with Crippen LogP contribution in [-0.2, 0) is 6.42 Å². The SMILES string of the molecule is NC(CCl)c1ccc2c(c1)CCCS2. The average Bonchev–Trinajstić information content (AvgIpc) is 2.27. The molecular formula is C11H14ClNS. The minimum Gasteiger partial charge on any atom is -0.323 e. The van der Waals surface area contributed by atoms with Gasteiger partial charge in [-0.1, -0.05) is 12.1 Å². The summed E-state index contributed by atoms with van der Waals surface area (Å²) in [7, 11) is 0. The molecule has 14 heavy (non-hydrogen) atoms. The van der Waals surface area contributed by atoms with Gasteiger partial charge in [-0.15, -0.1) is 23.4 Å². The van der Waals surface area contributed by atoms with Crippen LogP contribution in [0.4, 0.5) is 0 Å². The van der Waals surface area contributed by atoms with Crippen molar-refractivity contribution in [2.24, 2.45) is 5.73 Å². The molecule has 1 heterocycles. The monoisotopic (exact) mass is 227 g/mol. The topological polar surface area (TPSA) is 26.0 Å². The van der Waals surface area contributed by atoms with Crippen LogP contribution in [0.3, 0.4) is 0 Å². The molecule has 1 atom stereocenters. The summed E-state index contributed by atoms with van der Waals surface area (Å²) in [6.07, 6.45) is 2.46. The number of alkyl halides is 1. The predicted octanol–water partition coefficient (Wildman–Crippen LogP) is 2.96. The molecule has 0 radical (unpaired) electrons. The van der Waals surface area contributed by atoms with Crippen LogP contribution in [0.2, 0.25) is 0 Å². The molecule has 3 heteroatoms. The van der Waals surface area contributed by atoms with E-state index in [0.717, 1.165) is 0 Å². The van der Waals surface area contributed by atoms with Gasteiger partial charge in [-0.25, -0.2) is 0 Å². The molecule has 1 aromatic carbocycles. The smallest absolute Gasteiger partial charge is 0.0432 e. The van der Waals surface area contributed by atoms with E-state index in [2.05, 4.69) is 18.2 Å². The summed E-state index contributed by atoms with van der Waals surface area (Å²) in [6.45, 7) is 0. The lowest BCUT2D eigenvalue weighted by Crippen LogP contribution is -2.12. The standard InChI is InChI=1S/C11H14ClNS/c12-7-10(13)8-3-4-11-9(6-8)2-1-5-14-11/h3-4,6,10H,1-2,5,7,13H2. The Hall–Kier alpha value is -0.180. The molecule has 1 aliphatic heterocycles. The zero-order chi connectivity index (χ0) is 9.97. The zero-order valence-corrected chi connectivity index (χ0v) is 9.57. The van der Waals surface area contributed by atoms with Crippen molar-refractivity contribution in [3.63, 3.8) is 0 Å². The van der Waals surface area contributed by atoms with E-state index in [-0.39, 0.29) is 6.04 Å². The van der Waals surface area contributed by atoms with Gasteiger partial charge in [0.25, 0.3) is 0 Å². The summed E-state index contributed by atoms with van der Waals surface area (Å²) in [5.74, 6) is 1.74. The van der Waals surface area contributed by atoms with Crippen molar-refractivity contribution in [1.82, 2.24) is 0 Å². The number of thioether (sulfide) groups is 1. The van der Waals surface area contributed by atoms with E-state index in [1.165, 1.54) is 34.6 Å². The van der Waals surface area contributed by atoms with Crippen LogP contribution in [0.15, 0.2) is 23.1 Å². The summed E-state index contributed by atoms with van der Waals surface area (Å²) >= 11 is 7.68. The zero-order valence-electron chi connectivity index (χ0n) is 8.00. The maximum Gasteiger partial charge on any atom is 0.0432 e. The minimum atomic E-state index is -0.0195. The van der Waals surface area contributed by atoms with E-state index in [1.807, 2.05) is 11.8 Å². The van der Waals surface area contributed by atoms with Gasteiger partial charge in [0.1, 0.15) is 0 Å². The second-order valence-corrected chi connectivity index (χ2v) is 5.03. The number of benzene rings is 1. The molecule has 76 valence electrons. The molecule has 0 amide bonds. The highest BCUT2D eigenvalue weighted by atomic mass is 35.5. The molecule has 0 bridgehead atoms. The van der Waals surface area contributed by atoms with Gasteiger partial charge in [0.2, 0.25) is 0 Å². The molecule has 0 fully saturated rings. The van der Waals surface area contributed by atoms with Crippen molar-refractivity contribution in [2.75, 3.05) is 11.6 Å². The van der Waals surface area contributed by atoms with Crippen molar-refractivity contribution < 1.29 is 0 Å². The van der Waals surface area contributed by atoms with Crippen LogP contribution in [-0.4, -0.2) is 11.6 Å². The van der Waals surface area contributed by atoms with Crippen molar-refractivity contribution >= 4 is 23.4 Å². The third-order valence-electron chi connectivity index (χ3n) is 2.53. The lowest BCUT2D eigenvalue weighted by atomic mass is 10.0. The van der Waals surface area contributed by atoms with E-state index >= 15 is 0 Å². The van der Waals surface area contributed by atoms with E-state index in [0.29, 0.717) is 5.88 Å². The van der Waals surface area contributed by atoms with Gasteiger partial charge in [-0.05, 0) is 35.8 Å². The Balaban J connectivity index is 2.29. The molecule has 1 aromatic rings. The van der Waals surface area contributed by atoms with E-state index < -0.39 is 0 Å². The normalized spacial score (nSPS) is 17.6. The molecule has 2 rings (SSSR count). The Labute approximate surface area is 94.0 Å². The van der Waals surface area contributed by atoms with Gasteiger partial charge < -0.3 is 5.73 Å². The highest BCUT2D eigenvalue weighted by Gasteiger charge is 2.12. The first-order chi connectivity index (χ1) is 6.81. The van der Waals surface area contributed by atoms with Gasteiger partial charge in [-0.2, -0.15) is 0 Å². The van der Waals surface area contributed by atoms with Crippen molar-refractivity contribution in [2.45, 2.75) is 23.8 Å². The molecule has 2 N–H and O–H groups in total. The Morgan fingerprint density at radius 3 is 3.14 bits per heavy atom. The highest BCUT2D eigenvalue weighted by Crippen LogP contribution is 2.31. The second-order valence-electron chi connectivity index (χ2n) is 3.58. The molecule has 0 aromatic heterocycles. The largest absolute Gasteiger partial charge is 0.323 e. The predicted molar refractivity (Wildman–Crippen MR) is 63.1 cm³/mol. The molecule has 1 aliphatic rings. The first-order valence-corrected chi connectivity index (χ1v) is 6.40. The molecule has 1 nitrogen and oxygen atoms in total. The minimum absolute atomic E-state index is 0.0195. The van der Waals surface area contributed by atoms with Crippen LogP contribution in [0.1, 0.15) is 23.6 Å². The number of hydrogen-bond acceptors (Lipinski definition) is 2. The number of aryl methyl sites for hydroxylation is 1. The van der Waals surface area contributed by atoms with E-state index in [1.54, 1.807) is 0 Å². The summed E-state index contributed by atoms with van der Waals surface area (Å²) < 4.78 is 0. The highest BCUT2D eigenvalue weighted by molar-refractivity contribution is 7.99. The third-order valence-corrected chi connectivity index (χ3v) is 4.06. The molecule has 1 unspecified atom stereocenters. The molecule has 0 saturated carbocycles. The quantitative estimate of drug-likeness (QED) is 0.787. The molecule has 0 saturated heterocycles. The average molecular weight is 228 g/mol. The Morgan fingerprint density at radius 2 is 2.36 bits per heavy atom. The van der Waals surface area contributed by atoms with Crippen LogP contribution in [0, 0.1) is 0 Å². The first-order valence-electron chi connectivity index (χ1n) is 4.88. The molecule has 0 aliphatic carbocycles. The van der Waals surface area contributed by atoms with Crippen LogP contribution < -0.4 is 5.73 Å². The number of rotatable bonds is 2. The molecule has 0 spiro atoms. The number of nitrogens with two attached hydrogens (primary N) is 1. The first kappa shape index (κ1) is 10.3. The van der Waals surface area contributed by atoms with Gasteiger partial charge in [0, 0.05) is 16.8 Å². The summed E-state index contributed by atoms with van der Waals surface area (Å²) in [5.41, 5.74) is 8.50. The Kier molecular flexibility index (Phi) is 3.37. The van der Waals surface area contributed by atoms with E-state index in [9.17, 15) is 0 Å². The fourth-order valence-corrected chi connectivity index (χ4v) is 2.90. The second kappa shape index (κ2) is 4.56. The maximum absolute atomic E-state index is 5.89. The number of fused-ring (bicyclic) bond motifs is 1. The third kappa shape index (κ3) is 2.08. The van der Waals surface area contributed by atoms with Crippen LogP contribution in [0.25, 0.3) is 0 Å². The maximum atomic E-state index is 5.89. The summed E-state index contributed by atoms with van der Waals surface area (Å²) in [4.78, 5) is 1.42. The van der Waals surface area contributed by atoms with Crippen LogP contribution in [0.5, 0.6) is 0 Å². The van der Waals surface area contributed by atoms with E-state index in [4.69, 9.17) is 17.3 Å². The lowest BCUT2D eigenvalue weighted by Gasteiger charge is -2.17. The Morgan fingerprint density at radius 1 is 1.50 bits per heavy atom. The van der Waals surface area contributed by atoms with Crippen molar-refractivity contribution in [3.05, 3.63) is 29.3 Å². The van der Waals surface area contributed by atoms with Gasteiger partial charge >= 0.3 is 0 Å². The summed E-state index contributed by atoms with van der Waals surface area (Å²) in [5, 5.41) is 0. The Bertz CT molecular complexity index is 327. The fraction of sp³-hybridized carbons (Fsp3) is 0.455. The van der Waals surface area contributed by atoms with Gasteiger partial charge in [-0.3, -0.25) is 0 Å². The van der Waals surface area contributed by atoms with Crippen LogP contribution >= 0.6 is 23.4 Å². The van der Waals surface area contributed by atoms with Crippen molar-refractivity contribution in [3.8, 4) is 0 Å². The van der Waals surface area contributed by atoms with Crippen molar-refractivity contribution in [1.29, 1.82) is 0 Å².